The van der Waals surface area contributed by atoms with E-state index in [1.54, 1.807) is 11.3 Å². The fourth-order valence-corrected chi connectivity index (χ4v) is 3.50. The van der Waals surface area contributed by atoms with Gasteiger partial charge in [0.2, 0.25) is 0 Å². The molecule has 2 aromatic rings. The molecule has 0 saturated carbocycles. The fourth-order valence-electron chi connectivity index (χ4n) is 2.42. The van der Waals surface area contributed by atoms with Crippen LogP contribution in [-0.4, -0.2) is 18.1 Å². The first-order valence-electron chi connectivity index (χ1n) is 6.62. The number of rotatable bonds is 2. The first kappa shape index (κ1) is 12.6. The lowest BCUT2D eigenvalue weighted by atomic mass is 10.0. The number of nitrogens with two attached hydrogens (primary N) is 1. The Kier molecular flexibility index (Phi) is 3.29. The molecule has 1 aliphatic heterocycles. The Bertz CT molecular complexity index is 619. The minimum Gasteiger partial charge on any atom is -0.492 e. The molecule has 0 fully saturated rings. The molecule has 0 saturated heterocycles. The Balaban J connectivity index is 2.16. The maximum absolute atomic E-state index is 5.94. The Labute approximate surface area is 117 Å². The molecule has 0 spiro atoms. The first-order valence-corrected chi connectivity index (χ1v) is 7.44. The minimum atomic E-state index is 0.655. The third-order valence-corrected chi connectivity index (χ3v) is 4.78. The lowest BCUT2D eigenvalue weighted by molar-refractivity contribution is 0.325. The Morgan fingerprint density at radius 2 is 2.21 bits per heavy atom. The normalized spacial score (nSPS) is 13.4. The van der Waals surface area contributed by atoms with Gasteiger partial charge in [-0.1, -0.05) is 6.07 Å². The molecule has 3 nitrogen and oxygen atoms in total. The van der Waals surface area contributed by atoms with Gasteiger partial charge < -0.3 is 10.5 Å². The zero-order valence-electron chi connectivity index (χ0n) is 11.3. The number of aromatic nitrogens is 1. The SMILES string of the molecule is Cc1ccc2c(c1C)OCCc1sc(CCN)nc1-2. The number of aryl methyl sites for hydroxylation is 1. The summed E-state index contributed by atoms with van der Waals surface area (Å²) in [5.74, 6) is 1.00. The van der Waals surface area contributed by atoms with E-state index in [9.17, 15) is 0 Å². The summed E-state index contributed by atoms with van der Waals surface area (Å²) >= 11 is 1.78. The zero-order valence-corrected chi connectivity index (χ0v) is 12.1. The molecule has 2 N–H and O–H groups in total. The summed E-state index contributed by atoms with van der Waals surface area (Å²) < 4.78 is 5.94. The van der Waals surface area contributed by atoms with Crippen LogP contribution in [0, 0.1) is 13.8 Å². The average molecular weight is 274 g/mol. The van der Waals surface area contributed by atoms with E-state index in [0.29, 0.717) is 6.54 Å². The monoisotopic (exact) mass is 274 g/mol. The molecule has 1 aliphatic rings. The molecule has 1 aromatic carbocycles. The largest absolute Gasteiger partial charge is 0.492 e. The van der Waals surface area contributed by atoms with Crippen LogP contribution in [0.25, 0.3) is 11.3 Å². The number of fused-ring (bicyclic) bond motifs is 3. The van der Waals surface area contributed by atoms with Crippen molar-refractivity contribution >= 4 is 11.3 Å². The van der Waals surface area contributed by atoms with Crippen LogP contribution in [0.4, 0.5) is 0 Å². The van der Waals surface area contributed by atoms with Gasteiger partial charge >= 0.3 is 0 Å². The second-order valence-corrected chi connectivity index (χ2v) is 6.07. The molecule has 3 rings (SSSR count). The van der Waals surface area contributed by atoms with Crippen molar-refractivity contribution in [3.63, 3.8) is 0 Å². The van der Waals surface area contributed by atoms with Crippen molar-refractivity contribution in [1.29, 1.82) is 0 Å². The maximum Gasteiger partial charge on any atom is 0.131 e. The first-order chi connectivity index (χ1) is 9.20. The molecular weight excluding hydrogens is 256 g/mol. The van der Waals surface area contributed by atoms with E-state index in [1.807, 2.05) is 0 Å². The highest BCUT2D eigenvalue weighted by Crippen LogP contribution is 2.40. The van der Waals surface area contributed by atoms with E-state index in [2.05, 4.69) is 26.0 Å². The van der Waals surface area contributed by atoms with Crippen LogP contribution in [0.5, 0.6) is 5.75 Å². The molecule has 2 heterocycles. The number of benzene rings is 1. The summed E-state index contributed by atoms with van der Waals surface area (Å²) in [6.07, 6.45) is 1.80. The van der Waals surface area contributed by atoms with Gasteiger partial charge in [0.15, 0.2) is 0 Å². The lowest BCUT2D eigenvalue weighted by Gasteiger charge is -2.12. The Hall–Kier alpha value is -1.39. The van der Waals surface area contributed by atoms with E-state index >= 15 is 0 Å². The van der Waals surface area contributed by atoms with Gasteiger partial charge in [0.05, 0.1) is 17.3 Å². The van der Waals surface area contributed by atoms with Gasteiger partial charge in [-0.25, -0.2) is 4.98 Å². The highest BCUT2D eigenvalue weighted by atomic mass is 32.1. The number of nitrogens with zero attached hydrogens (tertiary/aromatic N) is 1. The predicted octanol–water partition coefficient (Wildman–Crippen LogP) is 2.86. The summed E-state index contributed by atoms with van der Waals surface area (Å²) in [7, 11) is 0. The lowest BCUT2D eigenvalue weighted by Crippen LogP contribution is -2.02. The predicted molar refractivity (Wildman–Crippen MR) is 79.0 cm³/mol. The second kappa shape index (κ2) is 4.94. The summed E-state index contributed by atoms with van der Waals surface area (Å²) in [6.45, 7) is 5.62. The van der Waals surface area contributed by atoms with Gasteiger partial charge in [-0.2, -0.15) is 0 Å². The minimum absolute atomic E-state index is 0.655. The van der Waals surface area contributed by atoms with Crippen molar-refractivity contribution in [2.45, 2.75) is 26.7 Å². The number of ether oxygens (including phenoxy) is 1. The van der Waals surface area contributed by atoms with Crippen LogP contribution in [0.3, 0.4) is 0 Å². The molecule has 0 radical (unpaired) electrons. The molecule has 0 bridgehead atoms. The molecule has 1 aromatic heterocycles. The second-order valence-electron chi connectivity index (χ2n) is 4.90. The number of hydrogen-bond donors (Lipinski definition) is 1. The van der Waals surface area contributed by atoms with Crippen LogP contribution in [0.15, 0.2) is 12.1 Å². The average Bonchev–Trinajstić information content (AvgIpc) is 2.70. The molecule has 100 valence electrons. The van der Waals surface area contributed by atoms with Gasteiger partial charge in [-0.15, -0.1) is 11.3 Å². The Morgan fingerprint density at radius 3 is 3.00 bits per heavy atom. The highest BCUT2D eigenvalue weighted by molar-refractivity contribution is 7.12. The maximum atomic E-state index is 5.94. The van der Waals surface area contributed by atoms with Gasteiger partial charge in [0.25, 0.3) is 0 Å². The van der Waals surface area contributed by atoms with Crippen LogP contribution >= 0.6 is 11.3 Å². The summed E-state index contributed by atoms with van der Waals surface area (Å²) in [4.78, 5) is 6.10. The number of thiazole rings is 1. The van der Waals surface area contributed by atoms with E-state index in [-0.39, 0.29) is 0 Å². The highest BCUT2D eigenvalue weighted by Gasteiger charge is 2.21. The molecule has 0 atom stereocenters. The quantitative estimate of drug-likeness (QED) is 0.916. The zero-order chi connectivity index (χ0) is 13.4. The van der Waals surface area contributed by atoms with Crippen molar-refractivity contribution in [2.75, 3.05) is 13.2 Å². The summed E-state index contributed by atoms with van der Waals surface area (Å²) in [5.41, 5.74) is 10.3. The third-order valence-electron chi connectivity index (χ3n) is 3.61. The summed E-state index contributed by atoms with van der Waals surface area (Å²) in [5, 5.41) is 1.14. The molecule has 19 heavy (non-hydrogen) atoms. The molecule has 0 unspecified atom stereocenters. The van der Waals surface area contributed by atoms with E-state index in [1.165, 1.54) is 16.0 Å². The topological polar surface area (TPSA) is 48.1 Å². The van der Waals surface area contributed by atoms with Crippen molar-refractivity contribution in [1.82, 2.24) is 4.98 Å². The van der Waals surface area contributed by atoms with Crippen LogP contribution in [-0.2, 0) is 12.8 Å². The van der Waals surface area contributed by atoms with E-state index in [4.69, 9.17) is 15.5 Å². The molecule has 4 heteroatoms. The van der Waals surface area contributed by atoms with Crippen molar-refractivity contribution in [3.8, 4) is 17.0 Å². The number of hydrogen-bond acceptors (Lipinski definition) is 4. The molecule has 0 amide bonds. The molecular formula is C15H18N2OS. The van der Waals surface area contributed by atoms with Gasteiger partial charge in [0.1, 0.15) is 5.75 Å². The summed E-state index contributed by atoms with van der Waals surface area (Å²) in [6, 6.07) is 4.28. The van der Waals surface area contributed by atoms with Crippen LogP contribution in [0.1, 0.15) is 21.0 Å². The van der Waals surface area contributed by atoms with Crippen LogP contribution in [0.2, 0.25) is 0 Å². The van der Waals surface area contributed by atoms with Crippen LogP contribution < -0.4 is 10.5 Å². The fraction of sp³-hybridized carbons (Fsp3) is 0.400. The van der Waals surface area contributed by atoms with Crippen molar-refractivity contribution < 1.29 is 4.74 Å². The molecule has 0 aliphatic carbocycles. The van der Waals surface area contributed by atoms with Gasteiger partial charge in [-0.3, -0.25) is 0 Å². The standard InChI is InChI=1S/C15H18N2OS/c1-9-3-4-11-14-12(19-13(17-14)5-7-16)6-8-18-15(11)10(9)2/h3-4H,5-8,16H2,1-2H3. The Morgan fingerprint density at radius 1 is 1.37 bits per heavy atom. The van der Waals surface area contributed by atoms with E-state index in [0.717, 1.165) is 41.5 Å². The third kappa shape index (κ3) is 2.15. The van der Waals surface area contributed by atoms with E-state index < -0.39 is 0 Å². The van der Waals surface area contributed by atoms with Crippen molar-refractivity contribution in [3.05, 3.63) is 33.1 Å². The smallest absolute Gasteiger partial charge is 0.131 e. The van der Waals surface area contributed by atoms with Crippen molar-refractivity contribution in [2.24, 2.45) is 5.73 Å². The van der Waals surface area contributed by atoms with Gasteiger partial charge in [0, 0.05) is 23.3 Å². The van der Waals surface area contributed by atoms with Gasteiger partial charge in [-0.05, 0) is 37.6 Å².